The molecule has 1 aromatic rings. The largest absolute Gasteiger partial charge is 0.459 e. The van der Waals surface area contributed by atoms with Gasteiger partial charge in [-0.2, -0.15) is 0 Å². The van der Waals surface area contributed by atoms with Crippen molar-refractivity contribution in [3.63, 3.8) is 0 Å². The molecule has 1 aromatic carbocycles. The number of epoxide rings is 2. The third kappa shape index (κ3) is 3.64. The van der Waals surface area contributed by atoms with Crippen LogP contribution in [0.25, 0.3) is 0 Å². The Morgan fingerprint density at radius 3 is 1.50 bits per heavy atom. The Kier molecular flexibility index (Phi) is 3.66. The second kappa shape index (κ2) is 5.37. The van der Waals surface area contributed by atoms with Crippen LogP contribution >= 0.6 is 0 Å². The van der Waals surface area contributed by atoms with E-state index in [2.05, 4.69) is 0 Å². The Balaban J connectivity index is 1.52. The van der Waals surface area contributed by atoms with Gasteiger partial charge in [0.15, 0.2) is 0 Å². The van der Waals surface area contributed by atoms with Gasteiger partial charge >= 0.3 is 11.9 Å². The molecule has 0 aromatic heterocycles. The quantitative estimate of drug-likeness (QED) is 0.586. The van der Waals surface area contributed by atoms with Crippen LogP contribution in [0.4, 0.5) is 0 Å². The number of benzene rings is 1. The zero-order valence-corrected chi connectivity index (χ0v) is 12.6. The molecule has 2 heterocycles. The van der Waals surface area contributed by atoms with E-state index >= 15 is 0 Å². The molecule has 0 aliphatic carbocycles. The molecule has 2 fully saturated rings. The summed E-state index contributed by atoms with van der Waals surface area (Å²) >= 11 is 0. The Morgan fingerprint density at radius 1 is 0.909 bits per heavy atom. The molecule has 2 saturated heterocycles. The second-order valence-electron chi connectivity index (χ2n) is 6.21. The predicted molar refractivity (Wildman–Crippen MR) is 75.7 cm³/mol. The maximum Gasteiger partial charge on any atom is 0.338 e. The molecule has 0 bridgehead atoms. The van der Waals surface area contributed by atoms with Gasteiger partial charge in [0.2, 0.25) is 0 Å². The molecule has 0 N–H and O–H groups in total. The molecule has 6 nitrogen and oxygen atoms in total. The van der Waals surface area contributed by atoms with E-state index in [0.29, 0.717) is 24.3 Å². The Labute approximate surface area is 128 Å². The lowest BCUT2D eigenvalue weighted by atomic mass is 10.1. The van der Waals surface area contributed by atoms with Crippen molar-refractivity contribution in [2.24, 2.45) is 0 Å². The lowest BCUT2D eigenvalue weighted by molar-refractivity contribution is 0.0399. The van der Waals surface area contributed by atoms with Crippen LogP contribution in [-0.4, -0.2) is 49.6 Å². The van der Waals surface area contributed by atoms with Crippen molar-refractivity contribution in [2.75, 3.05) is 26.4 Å². The topological polar surface area (TPSA) is 77.7 Å². The fraction of sp³-hybridized carbons (Fsp3) is 0.500. The van der Waals surface area contributed by atoms with Gasteiger partial charge in [0.25, 0.3) is 0 Å². The van der Waals surface area contributed by atoms with Crippen molar-refractivity contribution in [3.8, 4) is 0 Å². The number of carbonyl (C=O) groups is 2. The SMILES string of the molecule is CC1(COC(=O)c2ccc(C(=O)OCC3(C)CO3)cc2)CO1. The lowest BCUT2D eigenvalue weighted by Crippen LogP contribution is -2.19. The summed E-state index contributed by atoms with van der Waals surface area (Å²) in [7, 11) is 0. The molecular formula is C16H18O6. The number of hydrogen-bond donors (Lipinski definition) is 0. The first-order chi connectivity index (χ1) is 10.4. The summed E-state index contributed by atoms with van der Waals surface area (Å²) in [5.74, 6) is -0.869. The first kappa shape index (κ1) is 15.0. The van der Waals surface area contributed by atoms with E-state index in [0.717, 1.165) is 0 Å². The Hall–Kier alpha value is -1.92. The lowest BCUT2D eigenvalue weighted by Gasteiger charge is -2.09. The van der Waals surface area contributed by atoms with Crippen LogP contribution in [0.3, 0.4) is 0 Å². The number of carbonyl (C=O) groups excluding carboxylic acids is 2. The highest BCUT2D eigenvalue weighted by molar-refractivity contribution is 5.93. The van der Waals surface area contributed by atoms with Crippen molar-refractivity contribution in [2.45, 2.75) is 25.0 Å². The van der Waals surface area contributed by atoms with Gasteiger partial charge in [0.05, 0.1) is 24.3 Å². The van der Waals surface area contributed by atoms with E-state index in [1.54, 1.807) is 24.3 Å². The normalized spacial score (nSPS) is 28.8. The molecule has 3 rings (SSSR count). The van der Waals surface area contributed by atoms with Gasteiger partial charge in [0, 0.05) is 0 Å². The van der Waals surface area contributed by atoms with Crippen molar-refractivity contribution in [1.29, 1.82) is 0 Å². The average Bonchev–Trinajstić information content (AvgIpc) is 3.43. The number of ether oxygens (including phenoxy) is 4. The number of hydrogen-bond acceptors (Lipinski definition) is 6. The van der Waals surface area contributed by atoms with E-state index in [4.69, 9.17) is 18.9 Å². The molecule has 0 amide bonds. The second-order valence-corrected chi connectivity index (χ2v) is 6.21. The van der Waals surface area contributed by atoms with Gasteiger partial charge in [-0.25, -0.2) is 9.59 Å². The minimum Gasteiger partial charge on any atom is -0.459 e. The molecule has 2 aliphatic rings. The van der Waals surface area contributed by atoms with Crippen LogP contribution in [0, 0.1) is 0 Å². The maximum absolute atomic E-state index is 11.9. The Bertz CT molecular complexity index is 530. The van der Waals surface area contributed by atoms with Crippen molar-refractivity contribution < 1.29 is 28.5 Å². The molecule has 2 unspecified atom stereocenters. The first-order valence-corrected chi connectivity index (χ1v) is 7.12. The highest BCUT2D eigenvalue weighted by Crippen LogP contribution is 2.27. The van der Waals surface area contributed by atoms with E-state index in [-0.39, 0.29) is 24.4 Å². The molecule has 118 valence electrons. The minimum atomic E-state index is -0.435. The van der Waals surface area contributed by atoms with E-state index < -0.39 is 11.9 Å². The fourth-order valence-electron chi connectivity index (χ4n) is 1.76. The van der Waals surface area contributed by atoms with Crippen molar-refractivity contribution >= 4 is 11.9 Å². The monoisotopic (exact) mass is 306 g/mol. The smallest absolute Gasteiger partial charge is 0.338 e. The van der Waals surface area contributed by atoms with Crippen LogP contribution in [0.2, 0.25) is 0 Å². The molecule has 0 spiro atoms. The van der Waals surface area contributed by atoms with Gasteiger partial charge in [-0.3, -0.25) is 0 Å². The molecule has 22 heavy (non-hydrogen) atoms. The summed E-state index contributed by atoms with van der Waals surface area (Å²) in [6.07, 6.45) is 0. The summed E-state index contributed by atoms with van der Waals surface area (Å²) in [6.45, 7) is 5.43. The average molecular weight is 306 g/mol. The summed E-state index contributed by atoms with van der Waals surface area (Å²) in [6, 6.07) is 6.18. The number of rotatable bonds is 6. The van der Waals surface area contributed by atoms with Crippen molar-refractivity contribution in [1.82, 2.24) is 0 Å². The predicted octanol–water partition coefficient (Wildman–Crippen LogP) is 1.58. The standard InChI is InChI=1S/C16H18O6/c1-15(9-21-15)7-19-13(17)11-3-5-12(6-4-11)14(18)20-8-16(2)10-22-16/h3-6H,7-10H2,1-2H3. The summed E-state index contributed by atoms with van der Waals surface area (Å²) in [4.78, 5) is 23.7. The van der Waals surface area contributed by atoms with Crippen LogP contribution in [0.1, 0.15) is 34.6 Å². The molecule has 0 radical (unpaired) electrons. The van der Waals surface area contributed by atoms with Crippen molar-refractivity contribution in [3.05, 3.63) is 35.4 Å². The van der Waals surface area contributed by atoms with Gasteiger partial charge in [0.1, 0.15) is 24.4 Å². The summed E-state index contributed by atoms with van der Waals surface area (Å²) < 4.78 is 20.6. The summed E-state index contributed by atoms with van der Waals surface area (Å²) in [5.41, 5.74) is 0.109. The number of esters is 2. The highest BCUT2D eigenvalue weighted by Gasteiger charge is 2.41. The zero-order chi connectivity index (χ0) is 15.8. The van der Waals surface area contributed by atoms with Crippen LogP contribution in [0.5, 0.6) is 0 Å². The maximum atomic E-state index is 11.9. The fourth-order valence-corrected chi connectivity index (χ4v) is 1.76. The molecule has 2 atom stereocenters. The van der Waals surface area contributed by atoms with Gasteiger partial charge in [-0.15, -0.1) is 0 Å². The molecule has 6 heteroatoms. The molecular weight excluding hydrogens is 288 g/mol. The third-order valence-corrected chi connectivity index (χ3v) is 3.65. The van der Waals surface area contributed by atoms with Crippen LogP contribution in [-0.2, 0) is 18.9 Å². The Morgan fingerprint density at radius 2 is 1.23 bits per heavy atom. The summed E-state index contributed by atoms with van der Waals surface area (Å²) in [5, 5.41) is 0. The first-order valence-electron chi connectivity index (χ1n) is 7.12. The van der Waals surface area contributed by atoms with Crippen LogP contribution < -0.4 is 0 Å². The zero-order valence-electron chi connectivity index (χ0n) is 12.6. The van der Waals surface area contributed by atoms with Crippen LogP contribution in [0.15, 0.2) is 24.3 Å². The van der Waals surface area contributed by atoms with Gasteiger partial charge < -0.3 is 18.9 Å². The third-order valence-electron chi connectivity index (χ3n) is 3.65. The molecule has 0 saturated carbocycles. The van der Waals surface area contributed by atoms with E-state index in [9.17, 15) is 9.59 Å². The van der Waals surface area contributed by atoms with Gasteiger partial charge in [-0.1, -0.05) is 0 Å². The highest BCUT2D eigenvalue weighted by atomic mass is 16.6. The van der Waals surface area contributed by atoms with Gasteiger partial charge in [-0.05, 0) is 38.1 Å². The van der Waals surface area contributed by atoms with E-state index in [1.807, 2.05) is 13.8 Å². The molecule has 2 aliphatic heterocycles. The minimum absolute atomic E-state index is 0.230. The van der Waals surface area contributed by atoms with E-state index in [1.165, 1.54) is 0 Å².